The van der Waals surface area contributed by atoms with Crippen molar-refractivity contribution in [3.8, 4) is 0 Å². The lowest BCUT2D eigenvalue weighted by atomic mass is 9.72. The van der Waals surface area contributed by atoms with Crippen molar-refractivity contribution in [3.05, 3.63) is 30.1 Å². The molecule has 0 unspecified atom stereocenters. The lowest BCUT2D eigenvalue weighted by Crippen LogP contribution is -2.51. The van der Waals surface area contributed by atoms with E-state index in [1.807, 2.05) is 24.0 Å². The van der Waals surface area contributed by atoms with Crippen LogP contribution in [-0.4, -0.2) is 27.3 Å². The molecule has 0 radical (unpaired) electrons. The van der Waals surface area contributed by atoms with Crippen molar-refractivity contribution in [3.63, 3.8) is 0 Å². The Kier molecular flexibility index (Phi) is 5.28. The normalized spacial score (nSPS) is 17.2. The van der Waals surface area contributed by atoms with Crippen molar-refractivity contribution in [2.24, 2.45) is 11.1 Å². The van der Waals surface area contributed by atoms with E-state index in [1.165, 1.54) is 0 Å². The number of nitrogens with two attached hydrogens (primary N) is 1. The minimum absolute atomic E-state index is 0.0917. The van der Waals surface area contributed by atoms with Crippen molar-refractivity contribution in [1.29, 1.82) is 0 Å². The number of carbonyl (C=O) groups excluding carboxylic acids is 1. The van der Waals surface area contributed by atoms with Gasteiger partial charge in [0, 0.05) is 25.5 Å². The van der Waals surface area contributed by atoms with Crippen LogP contribution in [0.25, 0.3) is 0 Å². The van der Waals surface area contributed by atoms with Crippen LogP contribution in [0.15, 0.2) is 24.5 Å². The SMILES string of the molecule is CCN(Cc1ccncc1)C(=O)C1(C(N)=S)CCCCC1. The molecule has 5 heteroatoms. The summed E-state index contributed by atoms with van der Waals surface area (Å²) in [6.07, 6.45) is 8.27. The van der Waals surface area contributed by atoms with Crippen molar-refractivity contribution >= 4 is 23.1 Å². The zero-order valence-corrected chi connectivity index (χ0v) is 13.4. The molecular formula is C16H23N3OS. The van der Waals surface area contributed by atoms with Crippen molar-refractivity contribution < 1.29 is 4.79 Å². The van der Waals surface area contributed by atoms with Gasteiger partial charge in [-0.3, -0.25) is 9.78 Å². The van der Waals surface area contributed by atoms with E-state index in [9.17, 15) is 4.79 Å². The first-order valence-electron chi connectivity index (χ1n) is 7.58. The quantitative estimate of drug-likeness (QED) is 0.850. The topological polar surface area (TPSA) is 59.2 Å². The predicted octanol–water partition coefficient (Wildman–Crippen LogP) is 2.67. The Bertz CT molecular complexity index is 498. The van der Waals surface area contributed by atoms with E-state index in [2.05, 4.69) is 4.98 Å². The maximum absolute atomic E-state index is 13.0. The third kappa shape index (κ3) is 3.40. The van der Waals surface area contributed by atoms with Gasteiger partial charge in [-0.15, -0.1) is 0 Å². The van der Waals surface area contributed by atoms with Crippen molar-refractivity contribution in [2.45, 2.75) is 45.6 Å². The highest BCUT2D eigenvalue weighted by Crippen LogP contribution is 2.38. The summed E-state index contributed by atoms with van der Waals surface area (Å²) in [4.78, 5) is 19.3. The molecule has 1 saturated carbocycles. The van der Waals surface area contributed by atoms with Crippen molar-refractivity contribution in [1.82, 2.24) is 9.88 Å². The minimum atomic E-state index is -0.628. The number of amides is 1. The Morgan fingerprint density at radius 3 is 2.48 bits per heavy atom. The molecule has 2 N–H and O–H groups in total. The molecule has 1 fully saturated rings. The van der Waals surface area contributed by atoms with Gasteiger partial charge in [0.05, 0.1) is 10.4 Å². The van der Waals surface area contributed by atoms with Crippen molar-refractivity contribution in [2.75, 3.05) is 6.54 Å². The first kappa shape index (κ1) is 15.9. The molecule has 1 aliphatic rings. The molecular weight excluding hydrogens is 282 g/mol. The molecule has 21 heavy (non-hydrogen) atoms. The van der Waals surface area contributed by atoms with E-state index in [1.54, 1.807) is 12.4 Å². The van der Waals surface area contributed by atoms with Gasteiger partial charge in [0.1, 0.15) is 0 Å². The van der Waals surface area contributed by atoms with Gasteiger partial charge in [0.25, 0.3) is 0 Å². The molecule has 0 atom stereocenters. The number of aromatic nitrogens is 1. The highest BCUT2D eigenvalue weighted by Gasteiger charge is 2.44. The Labute approximate surface area is 131 Å². The van der Waals surface area contributed by atoms with Crippen LogP contribution >= 0.6 is 12.2 Å². The third-order valence-electron chi connectivity index (χ3n) is 4.38. The summed E-state index contributed by atoms with van der Waals surface area (Å²) in [5.74, 6) is 0.0917. The van der Waals surface area contributed by atoms with Crippen LogP contribution in [-0.2, 0) is 11.3 Å². The van der Waals surface area contributed by atoms with Gasteiger partial charge in [0.15, 0.2) is 0 Å². The molecule has 0 aliphatic heterocycles. The van der Waals surface area contributed by atoms with Gasteiger partial charge < -0.3 is 10.6 Å². The standard InChI is InChI=1S/C16H23N3OS/c1-2-19(12-13-6-10-18-11-7-13)15(20)16(14(17)21)8-4-3-5-9-16/h6-7,10-11H,2-5,8-9,12H2,1H3,(H2,17,21). The second-order valence-electron chi connectivity index (χ2n) is 5.68. The van der Waals surface area contributed by atoms with E-state index in [4.69, 9.17) is 18.0 Å². The Morgan fingerprint density at radius 2 is 1.95 bits per heavy atom. The van der Waals surface area contributed by atoms with Crippen LogP contribution in [0.3, 0.4) is 0 Å². The molecule has 1 amide bonds. The summed E-state index contributed by atoms with van der Waals surface area (Å²) in [5, 5.41) is 0. The third-order valence-corrected chi connectivity index (χ3v) is 4.77. The molecule has 2 rings (SSSR count). The molecule has 1 aromatic heterocycles. The largest absolute Gasteiger partial charge is 0.392 e. The zero-order chi connectivity index (χ0) is 15.3. The molecule has 0 bridgehead atoms. The van der Waals surface area contributed by atoms with Crippen LogP contribution in [0.1, 0.15) is 44.6 Å². The number of hydrogen-bond acceptors (Lipinski definition) is 3. The maximum Gasteiger partial charge on any atom is 0.235 e. The Balaban J connectivity index is 2.19. The van der Waals surface area contributed by atoms with Crippen LogP contribution in [0.4, 0.5) is 0 Å². The second-order valence-corrected chi connectivity index (χ2v) is 6.12. The second kappa shape index (κ2) is 6.98. The fourth-order valence-corrected chi connectivity index (χ4v) is 3.35. The summed E-state index contributed by atoms with van der Waals surface area (Å²) in [5.41, 5.74) is 6.41. The highest BCUT2D eigenvalue weighted by atomic mass is 32.1. The van der Waals surface area contributed by atoms with Gasteiger partial charge in [-0.2, -0.15) is 0 Å². The lowest BCUT2D eigenvalue weighted by molar-refractivity contribution is -0.140. The number of hydrogen-bond donors (Lipinski definition) is 1. The molecule has 1 aliphatic carbocycles. The monoisotopic (exact) mass is 305 g/mol. The van der Waals surface area contributed by atoms with Crippen LogP contribution in [0.5, 0.6) is 0 Å². The molecule has 114 valence electrons. The van der Waals surface area contributed by atoms with E-state index in [0.29, 0.717) is 18.1 Å². The number of thiocarbonyl (C=S) groups is 1. The van der Waals surface area contributed by atoms with Crippen LogP contribution in [0, 0.1) is 5.41 Å². The summed E-state index contributed by atoms with van der Waals surface area (Å²) in [6.45, 7) is 3.24. The van der Waals surface area contributed by atoms with Gasteiger partial charge in [-0.25, -0.2) is 0 Å². The van der Waals surface area contributed by atoms with Gasteiger partial charge in [-0.1, -0.05) is 31.5 Å². The average molecular weight is 305 g/mol. The smallest absolute Gasteiger partial charge is 0.235 e. The number of carbonyl (C=O) groups is 1. The summed E-state index contributed by atoms with van der Waals surface area (Å²) >= 11 is 5.26. The molecule has 1 heterocycles. The van der Waals surface area contributed by atoms with E-state index in [0.717, 1.165) is 37.7 Å². The first-order valence-corrected chi connectivity index (χ1v) is 7.99. The fourth-order valence-electron chi connectivity index (χ4n) is 3.06. The molecule has 1 aromatic rings. The van der Waals surface area contributed by atoms with Gasteiger partial charge in [0.2, 0.25) is 5.91 Å². The molecule has 4 nitrogen and oxygen atoms in total. The Hall–Kier alpha value is -1.49. The highest BCUT2D eigenvalue weighted by molar-refractivity contribution is 7.80. The molecule has 0 saturated heterocycles. The van der Waals surface area contributed by atoms with E-state index >= 15 is 0 Å². The number of pyridine rings is 1. The van der Waals surface area contributed by atoms with Crippen LogP contribution < -0.4 is 5.73 Å². The predicted molar refractivity (Wildman–Crippen MR) is 87.6 cm³/mol. The lowest BCUT2D eigenvalue weighted by Gasteiger charge is -2.38. The Morgan fingerprint density at radius 1 is 1.33 bits per heavy atom. The van der Waals surface area contributed by atoms with Crippen LogP contribution in [0.2, 0.25) is 0 Å². The van der Waals surface area contributed by atoms with E-state index in [-0.39, 0.29) is 5.91 Å². The van der Waals surface area contributed by atoms with E-state index < -0.39 is 5.41 Å². The average Bonchev–Trinajstić information content (AvgIpc) is 2.53. The minimum Gasteiger partial charge on any atom is -0.392 e. The molecule has 0 spiro atoms. The summed E-state index contributed by atoms with van der Waals surface area (Å²) in [6, 6.07) is 3.87. The molecule has 0 aromatic carbocycles. The summed E-state index contributed by atoms with van der Waals surface area (Å²) in [7, 11) is 0. The zero-order valence-electron chi connectivity index (χ0n) is 12.5. The first-order chi connectivity index (χ1) is 10.1. The van der Waals surface area contributed by atoms with Gasteiger partial charge >= 0.3 is 0 Å². The summed E-state index contributed by atoms with van der Waals surface area (Å²) < 4.78 is 0. The maximum atomic E-state index is 13.0. The van der Waals surface area contributed by atoms with Gasteiger partial charge in [-0.05, 0) is 37.5 Å². The fraction of sp³-hybridized carbons (Fsp3) is 0.562. The number of nitrogens with zero attached hydrogens (tertiary/aromatic N) is 2. The number of rotatable bonds is 5.